The zero-order valence-corrected chi connectivity index (χ0v) is 14.7. The molecule has 22 heavy (non-hydrogen) atoms. The van der Waals surface area contributed by atoms with E-state index in [1.165, 1.54) is 4.70 Å². The van der Waals surface area contributed by atoms with Crippen molar-refractivity contribution in [2.45, 2.75) is 13.0 Å². The summed E-state index contributed by atoms with van der Waals surface area (Å²) in [5.74, 6) is 0.150. The van der Waals surface area contributed by atoms with Crippen LogP contribution in [0.2, 0.25) is 0 Å². The Morgan fingerprint density at radius 2 is 2.14 bits per heavy atom. The standard InChI is InChI=1S/C17H13IN2OS/c18-13-3-1-2-11-10-20(17(21)16(11)13)8-6-12-4-5-15-14(19-12)7-9-22-15/h1-5,7,9H,6,8,10H2. The summed E-state index contributed by atoms with van der Waals surface area (Å²) < 4.78 is 2.25. The molecule has 1 amide bonds. The highest BCUT2D eigenvalue weighted by atomic mass is 127. The summed E-state index contributed by atoms with van der Waals surface area (Å²) in [6.45, 7) is 1.43. The van der Waals surface area contributed by atoms with E-state index >= 15 is 0 Å². The summed E-state index contributed by atoms with van der Waals surface area (Å²) in [5, 5.41) is 2.06. The fourth-order valence-corrected chi connectivity index (χ4v) is 4.35. The van der Waals surface area contributed by atoms with Crippen LogP contribution in [0.15, 0.2) is 41.8 Å². The molecule has 3 aromatic rings. The molecular weight excluding hydrogens is 407 g/mol. The van der Waals surface area contributed by atoms with Gasteiger partial charge in [-0.25, -0.2) is 0 Å². The van der Waals surface area contributed by atoms with Gasteiger partial charge in [-0.05, 0) is 57.8 Å². The minimum atomic E-state index is 0.150. The van der Waals surface area contributed by atoms with E-state index < -0.39 is 0 Å². The highest BCUT2D eigenvalue weighted by Gasteiger charge is 2.28. The number of nitrogens with zero attached hydrogens (tertiary/aromatic N) is 2. The first-order valence-electron chi connectivity index (χ1n) is 7.12. The number of hydrogen-bond acceptors (Lipinski definition) is 3. The zero-order chi connectivity index (χ0) is 15.1. The van der Waals surface area contributed by atoms with E-state index in [9.17, 15) is 4.79 Å². The van der Waals surface area contributed by atoms with Crippen LogP contribution in [0, 0.1) is 3.57 Å². The lowest BCUT2D eigenvalue weighted by atomic mass is 10.1. The minimum Gasteiger partial charge on any atom is -0.334 e. The van der Waals surface area contributed by atoms with E-state index in [1.54, 1.807) is 11.3 Å². The van der Waals surface area contributed by atoms with Gasteiger partial charge in [-0.3, -0.25) is 9.78 Å². The first-order chi connectivity index (χ1) is 10.7. The summed E-state index contributed by atoms with van der Waals surface area (Å²) in [7, 11) is 0. The summed E-state index contributed by atoms with van der Waals surface area (Å²) in [6.07, 6.45) is 0.794. The molecule has 5 heteroatoms. The first-order valence-corrected chi connectivity index (χ1v) is 9.08. The molecule has 3 nitrogen and oxygen atoms in total. The number of carbonyl (C=O) groups is 1. The fourth-order valence-electron chi connectivity index (χ4n) is 2.84. The lowest BCUT2D eigenvalue weighted by molar-refractivity contribution is 0.0779. The molecule has 0 atom stereocenters. The highest BCUT2D eigenvalue weighted by molar-refractivity contribution is 14.1. The number of aromatic nitrogens is 1. The molecule has 3 heterocycles. The lowest BCUT2D eigenvalue weighted by Gasteiger charge is -2.15. The average molecular weight is 420 g/mol. The second-order valence-electron chi connectivity index (χ2n) is 5.36. The molecule has 0 bridgehead atoms. The third-order valence-corrected chi connectivity index (χ3v) is 5.73. The van der Waals surface area contributed by atoms with Gasteiger partial charge in [0.15, 0.2) is 0 Å². The third-order valence-electron chi connectivity index (χ3n) is 3.96. The van der Waals surface area contributed by atoms with Gasteiger partial charge in [0.05, 0.1) is 15.8 Å². The Labute approximate surface area is 146 Å². The predicted molar refractivity (Wildman–Crippen MR) is 97.2 cm³/mol. The van der Waals surface area contributed by atoms with Crippen LogP contribution in [0.3, 0.4) is 0 Å². The van der Waals surface area contributed by atoms with Crippen molar-refractivity contribution in [3.63, 3.8) is 0 Å². The quantitative estimate of drug-likeness (QED) is 0.598. The van der Waals surface area contributed by atoms with Crippen LogP contribution in [-0.4, -0.2) is 22.3 Å². The number of hydrogen-bond donors (Lipinski definition) is 0. The van der Waals surface area contributed by atoms with Crippen LogP contribution < -0.4 is 0 Å². The normalized spacial score (nSPS) is 13.9. The van der Waals surface area contributed by atoms with Crippen LogP contribution in [0.1, 0.15) is 21.6 Å². The second kappa shape index (κ2) is 5.62. The Morgan fingerprint density at radius 3 is 3.00 bits per heavy atom. The van der Waals surface area contributed by atoms with Gasteiger partial charge < -0.3 is 4.90 Å². The highest BCUT2D eigenvalue weighted by Crippen LogP contribution is 2.27. The van der Waals surface area contributed by atoms with Gasteiger partial charge in [0.1, 0.15) is 0 Å². The molecule has 2 aromatic heterocycles. The molecule has 1 aromatic carbocycles. The number of carbonyl (C=O) groups excluding carboxylic acids is 1. The maximum absolute atomic E-state index is 12.5. The molecule has 0 fully saturated rings. The Hall–Kier alpha value is -1.47. The van der Waals surface area contributed by atoms with Gasteiger partial charge in [-0.15, -0.1) is 11.3 Å². The van der Waals surface area contributed by atoms with Gasteiger partial charge >= 0.3 is 0 Å². The van der Waals surface area contributed by atoms with E-state index in [0.29, 0.717) is 13.1 Å². The smallest absolute Gasteiger partial charge is 0.255 e. The van der Waals surface area contributed by atoms with Crippen molar-refractivity contribution >= 4 is 50.1 Å². The molecule has 1 aliphatic heterocycles. The van der Waals surface area contributed by atoms with Gasteiger partial charge in [0.2, 0.25) is 0 Å². The molecule has 0 unspecified atom stereocenters. The second-order valence-corrected chi connectivity index (χ2v) is 7.47. The van der Waals surface area contributed by atoms with Crippen molar-refractivity contribution in [1.82, 2.24) is 9.88 Å². The van der Waals surface area contributed by atoms with Gasteiger partial charge in [0, 0.05) is 28.8 Å². The van der Waals surface area contributed by atoms with Gasteiger partial charge in [-0.2, -0.15) is 0 Å². The molecule has 4 rings (SSSR count). The van der Waals surface area contributed by atoms with Crippen LogP contribution in [-0.2, 0) is 13.0 Å². The number of thiophene rings is 1. The van der Waals surface area contributed by atoms with Crippen LogP contribution in [0.25, 0.3) is 10.2 Å². The molecular formula is C17H13IN2OS. The molecule has 0 spiro atoms. The van der Waals surface area contributed by atoms with E-state index in [2.05, 4.69) is 45.1 Å². The summed E-state index contributed by atoms with van der Waals surface area (Å²) in [6, 6.07) is 12.3. The monoisotopic (exact) mass is 420 g/mol. The van der Waals surface area contributed by atoms with Crippen molar-refractivity contribution in [2.75, 3.05) is 6.54 Å². The molecule has 0 aliphatic carbocycles. The number of amides is 1. The van der Waals surface area contributed by atoms with E-state index in [0.717, 1.165) is 32.3 Å². The summed E-state index contributed by atoms with van der Waals surface area (Å²) >= 11 is 3.95. The van der Waals surface area contributed by atoms with Gasteiger partial charge in [0.25, 0.3) is 5.91 Å². The fraction of sp³-hybridized carbons (Fsp3) is 0.176. The maximum Gasteiger partial charge on any atom is 0.255 e. The Morgan fingerprint density at radius 1 is 1.23 bits per heavy atom. The van der Waals surface area contributed by atoms with Crippen LogP contribution in [0.4, 0.5) is 0 Å². The lowest BCUT2D eigenvalue weighted by Crippen LogP contribution is -2.26. The first kappa shape index (κ1) is 14.1. The molecule has 0 saturated carbocycles. The summed E-state index contributed by atoms with van der Waals surface area (Å²) in [5.41, 5.74) is 4.11. The maximum atomic E-state index is 12.5. The van der Waals surface area contributed by atoms with Crippen molar-refractivity contribution in [3.05, 3.63) is 62.2 Å². The Kier molecular flexibility index (Phi) is 3.62. The Bertz CT molecular complexity index is 874. The van der Waals surface area contributed by atoms with Crippen LogP contribution >= 0.6 is 33.9 Å². The molecule has 0 saturated heterocycles. The summed E-state index contributed by atoms with van der Waals surface area (Å²) in [4.78, 5) is 19.1. The predicted octanol–water partition coefficient (Wildman–Crippen LogP) is 4.10. The van der Waals surface area contributed by atoms with Crippen molar-refractivity contribution in [1.29, 1.82) is 0 Å². The molecule has 0 N–H and O–H groups in total. The van der Waals surface area contributed by atoms with Crippen molar-refractivity contribution < 1.29 is 4.79 Å². The van der Waals surface area contributed by atoms with Gasteiger partial charge in [-0.1, -0.05) is 12.1 Å². The van der Waals surface area contributed by atoms with E-state index in [-0.39, 0.29) is 5.91 Å². The Balaban J connectivity index is 1.51. The molecule has 0 radical (unpaired) electrons. The number of halogens is 1. The topological polar surface area (TPSA) is 33.2 Å². The number of pyridine rings is 1. The molecule has 1 aliphatic rings. The minimum absolute atomic E-state index is 0.150. The SMILES string of the molecule is O=C1c2c(I)cccc2CN1CCc1ccc2sccc2n1. The average Bonchev–Trinajstić information content (AvgIpc) is 3.10. The third kappa shape index (κ3) is 2.42. The van der Waals surface area contributed by atoms with E-state index in [4.69, 9.17) is 0 Å². The van der Waals surface area contributed by atoms with Crippen molar-refractivity contribution in [3.8, 4) is 0 Å². The number of benzene rings is 1. The largest absolute Gasteiger partial charge is 0.334 e. The van der Waals surface area contributed by atoms with Crippen molar-refractivity contribution in [2.24, 2.45) is 0 Å². The number of fused-ring (bicyclic) bond motifs is 2. The molecule has 110 valence electrons. The van der Waals surface area contributed by atoms with E-state index in [1.807, 2.05) is 29.2 Å². The van der Waals surface area contributed by atoms with Crippen LogP contribution in [0.5, 0.6) is 0 Å². The zero-order valence-electron chi connectivity index (χ0n) is 11.8. The number of rotatable bonds is 3.